The largest absolute Gasteiger partial charge is 0.591 e. The van der Waals surface area contributed by atoms with Crippen LogP contribution in [-0.2, 0) is 22.7 Å². The van der Waals surface area contributed by atoms with Gasteiger partial charge < -0.3 is 18.9 Å². The molecule has 2 unspecified atom stereocenters. The zero-order chi connectivity index (χ0) is 28.4. The number of pyridine rings is 1. The number of aromatic nitrogens is 1. The number of amides is 1. The van der Waals surface area contributed by atoms with E-state index >= 15 is 0 Å². The Labute approximate surface area is 237 Å². The first-order chi connectivity index (χ1) is 19.1. The summed E-state index contributed by atoms with van der Waals surface area (Å²) in [4.78, 5) is 19.0. The van der Waals surface area contributed by atoms with Crippen molar-refractivity contribution in [1.82, 2.24) is 9.88 Å². The number of ether oxygens (including phenoxy) is 2. The van der Waals surface area contributed by atoms with Gasteiger partial charge in [0.2, 0.25) is 5.88 Å². The van der Waals surface area contributed by atoms with Gasteiger partial charge in [0.1, 0.15) is 34.6 Å². The zero-order valence-electron chi connectivity index (χ0n) is 23.2. The number of carbonyl (C=O) groups excluding carboxylic acids is 1. The van der Waals surface area contributed by atoms with Gasteiger partial charge in [-0.2, -0.15) is 0 Å². The minimum atomic E-state index is -1.43. The van der Waals surface area contributed by atoms with E-state index < -0.39 is 16.1 Å². The normalized spacial score (nSPS) is 21.1. The summed E-state index contributed by atoms with van der Waals surface area (Å²) in [5, 5.41) is 0. The van der Waals surface area contributed by atoms with Crippen LogP contribution in [0.2, 0.25) is 0 Å². The third kappa shape index (κ3) is 6.47. The summed E-state index contributed by atoms with van der Waals surface area (Å²) in [7, 11) is 0. The van der Waals surface area contributed by atoms with Gasteiger partial charge in [-0.3, -0.25) is 0 Å². The van der Waals surface area contributed by atoms with Gasteiger partial charge in [0.15, 0.2) is 0 Å². The molecule has 9 heteroatoms. The minimum absolute atomic E-state index is 0.0623. The Bertz CT molecular complexity index is 1370. The maximum atomic E-state index is 13.6. The molecule has 0 N–H and O–H groups in total. The fourth-order valence-corrected chi connectivity index (χ4v) is 5.51. The fourth-order valence-electron chi connectivity index (χ4n) is 4.80. The number of hydrogen-bond acceptors (Lipinski definition) is 6. The van der Waals surface area contributed by atoms with Crippen molar-refractivity contribution in [1.29, 1.82) is 0 Å². The molecule has 1 aromatic heterocycles. The molecule has 1 aliphatic carbocycles. The lowest BCUT2D eigenvalue weighted by Crippen LogP contribution is -2.33. The molecule has 0 spiro atoms. The van der Waals surface area contributed by atoms with Crippen LogP contribution in [0.25, 0.3) is 11.3 Å². The number of piperidine rings is 1. The van der Waals surface area contributed by atoms with Crippen LogP contribution >= 0.6 is 0 Å². The first-order valence-corrected chi connectivity index (χ1v) is 14.6. The number of carbonyl (C=O) groups is 1. The van der Waals surface area contributed by atoms with E-state index in [0.29, 0.717) is 36.8 Å². The maximum absolute atomic E-state index is 13.6. The molecule has 7 nitrogen and oxygen atoms in total. The molecule has 1 saturated heterocycles. The first kappa shape index (κ1) is 28.1. The van der Waals surface area contributed by atoms with Crippen molar-refractivity contribution in [3.63, 3.8) is 0 Å². The Morgan fingerprint density at radius 3 is 2.40 bits per heavy atom. The molecule has 210 valence electrons. The lowest BCUT2D eigenvalue weighted by molar-refractivity contribution is 0.0945. The molecule has 40 heavy (non-hydrogen) atoms. The molecule has 2 fully saturated rings. The second-order valence-corrected chi connectivity index (χ2v) is 13.1. The van der Waals surface area contributed by atoms with Crippen LogP contribution in [0.5, 0.6) is 5.88 Å². The van der Waals surface area contributed by atoms with Gasteiger partial charge in [0.05, 0.1) is 11.4 Å². The first-order valence-electron chi connectivity index (χ1n) is 13.5. The highest BCUT2D eigenvalue weighted by Gasteiger charge is 2.59. The number of likely N-dealkylation sites (tertiary alicyclic amines) is 1. The summed E-state index contributed by atoms with van der Waals surface area (Å²) in [5.74, 6) is 0.510. The highest BCUT2D eigenvalue weighted by Crippen LogP contribution is 2.48. The molecule has 0 radical (unpaired) electrons. The number of rotatable bonds is 8. The Hall–Kier alpha value is -3.43. The maximum Gasteiger partial charge on any atom is 0.410 e. The number of benzene rings is 2. The second kappa shape index (κ2) is 11.6. The van der Waals surface area contributed by atoms with E-state index in [1.165, 1.54) is 12.1 Å². The van der Waals surface area contributed by atoms with Gasteiger partial charge in [-0.15, -0.1) is 0 Å². The molecule has 4 atom stereocenters. The topological polar surface area (TPSA) is 87.1 Å². The molecule has 1 amide bonds. The monoisotopic (exact) mass is 563 g/mol. The zero-order valence-corrected chi connectivity index (χ0v) is 24.0. The van der Waals surface area contributed by atoms with E-state index in [4.69, 9.17) is 14.5 Å². The Balaban J connectivity index is 1.30. The highest BCUT2D eigenvalue weighted by atomic mass is 32.2. The summed E-state index contributed by atoms with van der Waals surface area (Å²) >= 11 is -1.43. The van der Waals surface area contributed by atoms with Crippen LogP contribution in [-0.4, -0.2) is 50.2 Å². The van der Waals surface area contributed by atoms with E-state index in [2.05, 4.69) is 4.40 Å². The molecule has 3 aromatic rings. The predicted octanol–water partition coefficient (Wildman–Crippen LogP) is 6.19. The fraction of sp³-hybridized carbons (Fsp3) is 0.387. The molecular formula is C31H34FN3O4S. The standard InChI is InChI=1S/C31H34FN3O4S/c1-5-26(34-40(37)31(2,3)4)22-15-27(21-11-13-23(32)14-12-21)33-28(16-22)39-29-24-17-35(18-25(24)29)30(36)38-19-20-9-7-6-8-10-20/h6-16,24-25,29H,5,17-19H2,1-4H3/t24-,25+,29?,40?. The van der Waals surface area contributed by atoms with Crippen LogP contribution in [0.1, 0.15) is 45.2 Å². The van der Waals surface area contributed by atoms with Gasteiger partial charge in [-0.05, 0) is 63.1 Å². The Morgan fingerprint density at radius 1 is 1.10 bits per heavy atom. The molecule has 1 aliphatic heterocycles. The van der Waals surface area contributed by atoms with Crippen molar-refractivity contribution in [3.8, 4) is 17.1 Å². The Kier molecular flexibility index (Phi) is 8.14. The van der Waals surface area contributed by atoms with Crippen molar-refractivity contribution in [3.05, 3.63) is 83.7 Å². The lowest BCUT2D eigenvalue weighted by Gasteiger charge is -2.20. The number of halogens is 1. The van der Waals surface area contributed by atoms with Crippen molar-refractivity contribution in [2.24, 2.45) is 16.2 Å². The highest BCUT2D eigenvalue weighted by molar-refractivity contribution is 7.91. The van der Waals surface area contributed by atoms with Crippen LogP contribution in [0.15, 0.2) is 71.1 Å². The van der Waals surface area contributed by atoms with E-state index in [1.54, 1.807) is 17.0 Å². The third-order valence-corrected chi connectivity index (χ3v) is 8.60. The minimum Gasteiger partial charge on any atom is -0.591 e. The quantitative estimate of drug-likeness (QED) is 0.241. The average molecular weight is 564 g/mol. The summed E-state index contributed by atoms with van der Waals surface area (Å²) in [6.07, 6.45) is 0.194. The van der Waals surface area contributed by atoms with E-state index in [-0.39, 0.29) is 36.5 Å². The van der Waals surface area contributed by atoms with Crippen LogP contribution < -0.4 is 4.74 Å². The molecule has 2 heterocycles. The summed E-state index contributed by atoms with van der Waals surface area (Å²) in [5.41, 5.74) is 3.76. The molecule has 2 aromatic carbocycles. The lowest BCUT2D eigenvalue weighted by atomic mass is 10.0. The van der Waals surface area contributed by atoms with Gasteiger partial charge in [-0.1, -0.05) is 41.7 Å². The third-order valence-electron chi connectivity index (χ3n) is 7.16. The average Bonchev–Trinajstić information content (AvgIpc) is 3.36. The SMILES string of the molecule is CCC(=N[S+]([O-])C(C)(C)C)c1cc(OC2[C@H]3CN(C(=O)OCc4ccccc4)C[C@@H]23)nc(-c2ccc(F)cc2)c1. The van der Waals surface area contributed by atoms with E-state index in [1.807, 2.05) is 70.2 Å². The van der Waals surface area contributed by atoms with Gasteiger partial charge in [0.25, 0.3) is 0 Å². The van der Waals surface area contributed by atoms with Crippen LogP contribution in [0.4, 0.5) is 9.18 Å². The van der Waals surface area contributed by atoms with Gasteiger partial charge in [0, 0.05) is 42.1 Å². The molecular weight excluding hydrogens is 529 g/mol. The summed E-state index contributed by atoms with van der Waals surface area (Å²) in [6, 6.07) is 19.4. The number of fused-ring (bicyclic) bond motifs is 1. The van der Waals surface area contributed by atoms with Crippen LogP contribution in [0, 0.1) is 17.7 Å². The second-order valence-electron chi connectivity index (χ2n) is 11.2. The van der Waals surface area contributed by atoms with Crippen LogP contribution in [0.3, 0.4) is 0 Å². The molecule has 0 bridgehead atoms. The molecule has 1 saturated carbocycles. The summed E-state index contributed by atoms with van der Waals surface area (Å²) in [6.45, 7) is 9.01. The number of nitrogens with zero attached hydrogens (tertiary/aromatic N) is 3. The van der Waals surface area contributed by atoms with E-state index in [0.717, 1.165) is 16.7 Å². The summed E-state index contributed by atoms with van der Waals surface area (Å²) < 4.78 is 42.3. The van der Waals surface area contributed by atoms with Crippen molar-refractivity contribution in [2.45, 2.75) is 51.6 Å². The van der Waals surface area contributed by atoms with Gasteiger partial charge >= 0.3 is 6.09 Å². The number of hydrogen-bond donors (Lipinski definition) is 0. The van der Waals surface area contributed by atoms with Crippen molar-refractivity contribution < 1.29 is 23.2 Å². The Morgan fingerprint density at radius 2 is 1.77 bits per heavy atom. The van der Waals surface area contributed by atoms with E-state index in [9.17, 15) is 13.7 Å². The van der Waals surface area contributed by atoms with Crippen molar-refractivity contribution in [2.75, 3.05) is 13.1 Å². The smallest absolute Gasteiger partial charge is 0.410 e. The van der Waals surface area contributed by atoms with Gasteiger partial charge in [-0.25, -0.2) is 14.2 Å². The molecule has 2 aliphatic rings. The molecule has 5 rings (SSSR count). The van der Waals surface area contributed by atoms with Crippen molar-refractivity contribution >= 4 is 23.2 Å². The predicted molar refractivity (Wildman–Crippen MR) is 154 cm³/mol.